The molecule has 4 aromatic rings. The number of ketones is 1. The summed E-state index contributed by atoms with van der Waals surface area (Å²) in [6.45, 7) is 5.81. The summed E-state index contributed by atoms with van der Waals surface area (Å²) in [5.41, 5.74) is 4.44. The topological polar surface area (TPSA) is 42.9 Å². The highest BCUT2D eigenvalue weighted by atomic mass is 32.2. The van der Waals surface area contributed by atoms with E-state index in [2.05, 4.69) is 48.1 Å². The third kappa shape index (κ3) is 3.95. The van der Waals surface area contributed by atoms with Crippen LogP contribution < -0.4 is 0 Å². The van der Waals surface area contributed by atoms with Gasteiger partial charge in [0.25, 0.3) is 0 Å². The number of halogens is 1. The summed E-state index contributed by atoms with van der Waals surface area (Å²) in [7, 11) is 0. The van der Waals surface area contributed by atoms with Crippen LogP contribution in [0.5, 0.6) is 0 Å². The number of carbonyl (C=O) groups excluding carboxylic acids is 1. The lowest BCUT2D eigenvalue weighted by Gasteiger charge is -2.07. The zero-order valence-corrected chi connectivity index (χ0v) is 18.0. The standard InChI is InChI=1S/C23H19FN2OS2/c1-13-4-6-16(7-5-13)20-15(3)29-23-21(20)22(25-12-26-23)28-11-19(27)17-8-9-18(24)14(2)10-17/h4-10,12H,11H2,1-3H3. The fourth-order valence-electron chi connectivity index (χ4n) is 3.23. The largest absolute Gasteiger partial charge is 0.293 e. The second kappa shape index (κ2) is 8.05. The molecule has 0 radical (unpaired) electrons. The monoisotopic (exact) mass is 422 g/mol. The van der Waals surface area contributed by atoms with Crippen molar-refractivity contribution in [3.05, 3.63) is 76.2 Å². The summed E-state index contributed by atoms with van der Waals surface area (Å²) in [5, 5.41) is 1.79. The number of rotatable bonds is 5. The van der Waals surface area contributed by atoms with Gasteiger partial charge >= 0.3 is 0 Å². The number of aromatic nitrogens is 2. The first kappa shape index (κ1) is 19.7. The summed E-state index contributed by atoms with van der Waals surface area (Å²) < 4.78 is 13.5. The molecule has 0 aliphatic carbocycles. The maximum absolute atomic E-state index is 13.5. The van der Waals surface area contributed by atoms with Crippen molar-refractivity contribution in [3.63, 3.8) is 0 Å². The van der Waals surface area contributed by atoms with Gasteiger partial charge in [0.05, 0.1) is 11.1 Å². The number of benzene rings is 2. The number of carbonyl (C=O) groups is 1. The van der Waals surface area contributed by atoms with Gasteiger partial charge in [-0.3, -0.25) is 4.79 Å². The highest BCUT2D eigenvalue weighted by molar-refractivity contribution is 8.00. The van der Waals surface area contributed by atoms with Crippen LogP contribution in [0.25, 0.3) is 21.3 Å². The number of nitrogens with zero attached hydrogens (tertiary/aromatic N) is 2. The van der Waals surface area contributed by atoms with E-state index in [0.717, 1.165) is 26.4 Å². The summed E-state index contributed by atoms with van der Waals surface area (Å²) in [4.78, 5) is 23.6. The van der Waals surface area contributed by atoms with E-state index in [0.29, 0.717) is 11.1 Å². The molecule has 146 valence electrons. The van der Waals surface area contributed by atoms with Crippen LogP contribution in [-0.2, 0) is 0 Å². The average Bonchev–Trinajstić information content (AvgIpc) is 3.05. The molecule has 6 heteroatoms. The summed E-state index contributed by atoms with van der Waals surface area (Å²) >= 11 is 3.04. The van der Waals surface area contributed by atoms with Crippen molar-refractivity contribution in [3.8, 4) is 11.1 Å². The van der Waals surface area contributed by atoms with Crippen molar-refractivity contribution < 1.29 is 9.18 Å². The fourth-order valence-corrected chi connectivity index (χ4v) is 5.21. The Bertz CT molecular complexity index is 1220. The minimum atomic E-state index is -0.303. The number of thioether (sulfide) groups is 1. The van der Waals surface area contributed by atoms with Gasteiger partial charge in [0.15, 0.2) is 5.78 Å². The molecule has 0 spiro atoms. The zero-order valence-electron chi connectivity index (χ0n) is 16.3. The summed E-state index contributed by atoms with van der Waals surface area (Å²) in [5.74, 6) is -0.115. The Balaban J connectivity index is 1.68. The molecule has 2 aromatic carbocycles. The number of fused-ring (bicyclic) bond motifs is 1. The smallest absolute Gasteiger partial charge is 0.173 e. The van der Waals surface area contributed by atoms with Crippen molar-refractivity contribution in [1.82, 2.24) is 9.97 Å². The Morgan fingerprint density at radius 3 is 2.55 bits per heavy atom. The van der Waals surface area contributed by atoms with Crippen LogP contribution in [0.2, 0.25) is 0 Å². The van der Waals surface area contributed by atoms with Gasteiger partial charge in [-0.25, -0.2) is 14.4 Å². The van der Waals surface area contributed by atoms with E-state index in [1.807, 2.05) is 0 Å². The first-order valence-electron chi connectivity index (χ1n) is 9.17. The van der Waals surface area contributed by atoms with Gasteiger partial charge in [-0.1, -0.05) is 41.6 Å². The van der Waals surface area contributed by atoms with Crippen LogP contribution in [0.3, 0.4) is 0 Å². The molecule has 0 atom stereocenters. The van der Waals surface area contributed by atoms with Gasteiger partial charge in [0, 0.05) is 16.0 Å². The predicted molar refractivity (Wildman–Crippen MR) is 119 cm³/mol. The molecule has 0 N–H and O–H groups in total. The second-order valence-electron chi connectivity index (χ2n) is 6.93. The fraction of sp³-hybridized carbons (Fsp3) is 0.174. The predicted octanol–water partition coefficient (Wildman–Crippen LogP) is 6.40. The molecule has 4 rings (SSSR count). The first-order valence-corrected chi connectivity index (χ1v) is 11.0. The maximum atomic E-state index is 13.5. The first-order chi connectivity index (χ1) is 13.9. The summed E-state index contributed by atoms with van der Waals surface area (Å²) in [6.07, 6.45) is 1.55. The van der Waals surface area contributed by atoms with E-state index < -0.39 is 0 Å². The molecule has 0 amide bonds. The van der Waals surface area contributed by atoms with E-state index in [9.17, 15) is 9.18 Å². The Hall–Kier alpha value is -2.57. The van der Waals surface area contributed by atoms with E-state index in [-0.39, 0.29) is 17.4 Å². The SMILES string of the molecule is Cc1ccc(-c2c(C)sc3ncnc(SCC(=O)c4ccc(F)c(C)c4)c23)cc1. The van der Waals surface area contributed by atoms with Gasteiger partial charge in [-0.15, -0.1) is 11.3 Å². The van der Waals surface area contributed by atoms with E-state index in [1.54, 1.807) is 30.7 Å². The van der Waals surface area contributed by atoms with Gasteiger partial charge in [-0.2, -0.15) is 0 Å². The van der Waals surface area contributed by atoms with Crippen LogP contribution in [0, 0.1) is 26.6 Å². The molecular weight excluding hydrogens is 403 g/mol. The minimum Gasteiger partial charge on any atom is -0.293 e. The van der Waals surface area contributed by atoms with Gasteiger partial charge in [-0.05, 0) is 50.1 Å². The Morgan fingerprint density at radius 2 is 1.83 bits per heavy atom. The number of hydrogen-bond donors (Lipinski definition) is 0. The van der Waals surface area contributed by atoms with Crippen molar-refractivity contribution in [2.75, 3.05) is 5.75 Å². The highest BCUT2D eigenvalue weighted by Crippen LogP contribution is 2.41. The Labute approximate surface area is 177 Å². The number of thiophene rings is 1. The van der Waals surface area contributed by atoms with E-state index in [1.165, 1.54) is 34.3 Å². The zero-order chi connectivity index (χ0) is 20.5. The quantitative estimate of drug-likeness (QED) is 0.212. The number of Topliss-reactive ketones (excluding diaryl/α,β-unsaturated/α-hetero) is 1. The van der Waals surface area contributed by atoms with Crippen LogP contribution >= 0.6 is 23.1 Å². The molecule has 0 unspecified atom stereocenters. The van der Waals surface area contributed by atoms with Crippen molar-refractivity contribution in [2.45, 2.75) is 25.8 Å². The van der Waals surface area contributed by atoms with Gasteiger partial charge < -0.3 is 0 Å². The molecule has 29 heavy (non-hydrogen) atoms. The van der Waals surface area contributed by atoms with Crippen molar-refractivity contribution >= 4 is 39.1 Å². The van der Waals surface area contributed by atoms with Crippen LogP contribution in [-0.4, -0.2) is 21.5 Å². The number of aryl methyl sites for hydroxylation is 3. The lowest BCUT2D eigenvalue weighted by atomic mass is 10.0. The van der Waals surface area contributed by atoms with Crippen LogP contribution in [0.15, 0.2) is 53.8 Å². The molecule has 0 fully saturated rings. The molecule has 0 bridgehead atoms. The maximum Gasteiger partial charge on any atom is 0.173 e. The van der Waals surface area contributed by atoms with Crippen molar-refractivity contribution in [2.24, 2.45) is 0 Å². The van der Waals surface area contributed by atoms with Crippen LogP contribution in [0.1, 0.15) is 26.4 Å². The average molecular weight is 423 g/mol. The minimum absolute atomic E-state index is 0.0475. The van der Waals surface area contributed by atoms with Crippen LogP contribution in [0.4, 0.5) is 4.39 Å². The lowest BCUT2D eigenvalue weighted by Crippen LogP contribution is -2.04. The Kier molecular flexibility index (Phi) is 5.48. The van der Waals surface area contributed by atoms with Crippen molar-refractivity contribution in [1.29, 1.82) is 0 Å². The summed E-state index contributed by atoms with van der Waals surface area (Å²) in [6, 6.07) is 12.9. The molecule has 0 saturated heterocycles. The third-order valence-electron chi connectivity index (χ3n) is 4.79. The molecule has 0 aliphatic rings. The molecule has 0 aliphatic heterocycles. The number of hydrogen-bond acceptors (Lipinski definition) is 5. The van der Waals surface area contributed by atoms with Gasteiger partial charge in [0.2, 0.25) is 0 Å². The lowest BCUT2D eigenvalue weighted by molar-refractivity contribution is 0.102. The van der Waals surface area contributed by atoms with E-state index in [4.69, 9.17) is 0 Å². The third-order valence-corrected chi connectivity index (χ3v) is 6.79. The molecule has 2 heterocycles. The molecule has 3 nitrogen and oxygen atoms in total. The normalized spacial score (nSPS) is 11.2. The second-order valence-corrected chi connectivity index (χ2v) is 9.10. The molecule has 0 saturated carbocycles. The highest BCUT2D eigenvalue weighted by Gasteiger charge is 2.18. The Morgan fingerprint density at radius 1 is 1.07 bits per heavy atom. The van der Waals surface area contributed by atoms with E-state index >= 15 is 0 Å². The molecular formula is C23H19FN2OS2. The van der Waals surface area contributed by atoms with Gasteiger partial charge in [0.1, 0.15) is 22.0 Å². The molecule has 2 aromatic heterocycles.